The number of benzene rings is 2. The standard InChI is InChI=1S/C23H21NO3S2/c1-4-5-9-21(20-10-7-6-8-18(20)3)22-15-16-23(28-22)24-27-29(25,26)19-13-11-17(2)12-14-19/h6-8,10-16H,4H2,1-3H3/b22-21+,24-23+. The fourth-order valence-corrected chi connectivity index (χ4v) is 4.25. The molecule has 0 unspecified atom stereocenters. The molecule has 0 aliphatic carbocycles. The number of allylic oxidation sites excluding steroid dienone is 2. The van der Waals surface area contributed by atoms with Crippen LogP contribution in [0.15, 0.2) is 75.6 Å². The molecule has 3 rings (SSSR count). The predicted molar refractivity (Wildman–Crippen MR) is 120 cm³/mol. The van der Waals surface area contributed by atoms with Gasteiger partial charge >= 0.3 is 10.1 Å². The van der Waals surface area contributed by atoms with Crippen LogP contribution in [0.1, 0.15) is 30.0 Å². The van der Waals surface area contributed by atoms with Crippen molar-refractivity contribution >= 4 is 32.5 Å². The summed E-state index contributed by atoms with van der Waals surface area (Å²) < 4.78 is 29.6. The van der Waals surface area contributed by atoms with E-state index in [4.69, 9.17) is 4.28 Å². The molecule has 0 aromatic heterocycles. The summed E-state index contributed by atoms with van der Waals surface area (Å²) in [7, 11) is -3.95. The van der Waals surface area contributed by atoms with Gasteiger partial charge in [0.1, 0.15) is 9.94 Å². The smallest absolute Gasteiger partial charge is 0.264 e. The predicted octanol–water partition coefficient (Wildman–Crippen LogP) is 5.45. The maximum Gasteiger partial charge on any atom is 0.358 e. The zero-order valence-corrected chi connectivity index (χ0v) is 18.1. The molecule has 0 bridgehead atoms. The molecule has 4 nitrogen and oxygen atoms in total. The Morgan fingerprint density at radius 2 is 1.79 bits per heavy atom. The molecular weight excluding hydrogens is 402 g/mol. The van der Waals surface area contributed by atoms with Crippen LogP contribution in [0.3, 0.4) is 0 Å². The number of thioether (sulfide) groups is 1. The molecule has 1 aliphatic heterocycles. The van der Waals surface area contributed by atoms with Crippen LogP contribution in [0.2, 0.25) is 0 Å². The quantitative estimate of drug-likeness (QED) is 0.485. The highest BCUT2D eigenvalue weighted by atomic mass is 32.2. The number of oxime groups is 1. The summed E-state index contributed by atoms with van der Waals surface area (Å²) in [4.78, 5) is 0.986. The normalized spacial score (nSPS) is 16.4. The summed E-state index contributed by atoms with van der Waals surface area (Å²) in [5.74, 6) is 6.36. The molecule has 0 atom stereocenters. The van der Waals surface area contributed by atoms with E-state index >= 15 is 0 Å². The second kappa shape index (κ2) is 9.17. The van der Waals surface area contributed by atoms with Crippen LogP contribution in [0.25, 0.3) is 5.57 Å². The van der Waals surface area contributed by atoms with Crippen LogP contribution in [0.5, 0.6) is 0 Å². The van der Waals surface area contributed by atoms with Gasteiger partial charge in [-0.05, 0) is 49.3 Å². The molecule has 2 aromatic rings. The summed E-state index contributed by atoms with van der Waals surface area (Å²) in [6, 6.07) is 14.5. The molecule has 2 aromatic carbocycles. The lowest BCUT2D eigenvalue weighted by molar-refractivity contribution is 0.340. The molecule has 0 N–H and O–H groups in total. The lowest BCUT2D eigenvalue weighted by Gasteiger charge is -2.07. The van der Waals surface area contributed by atoms with Gasteiger partial charge in [0.15, 0.2) is 0 Å². The van der Waals surface area contributed by atoms with Crippen molar-refractivity contribution in [3.8, 4) is 11.8 Å². The van der Waals surface area contributed by atoms with Gasteiger partial charge in [-0.1, -0.05) is 77.6 Å². The molecular formula is C23H21NO3S2. The van der Waals surface area contributed by atoms with Crippen molar-refractivity contribution in [3.05, 3.63) is 82.3 Å². The first-order chi connectivity index (χ1) is 13.9. The first kappa shape index (κ1) is 21.0. The summed E-state index contributed by atoms with van der Waals surface area (Å²) in [5.41, 5.74) is 4.04. The van der Waals surface area contributed by atoms with Crippen LogP contribution in [0.4, 0.5) is 0 Å². The highest BCUT2D eigenvalue weighted by Crippen LogP contribution is 2.35. The van der Waals surface area contributed by atoms with Gasteiger partial charge in [-0.2, -0.15) is 8.42 Å². The number of aryl methyl sites for hydroxylation is 2. The van der Waals surface area contributed by atoms with Gasteiger partial charge in [0, 0.05) is 16.9 Å². The average Bonchev–Trinajstić information content (AvgIpc) is 3.17. The van der Waals surface area contributed by atoms with Crippen molar-refractivity contribution in [2.75, 3.05) is 0 Å². The molecule has 6 heteroatoms. The minimum absolute atomic E-state index is 0.0737. The number of nitrogens with zero attached hydrogens (tertiary/aromatic N) is 1. The minimum Gasteiger partial charge on any atom is -0.264 e. The molecule has 0 radical (unpaired) electrons. The molecule has 0 spiro atoms. The first-order valence-corrected chi connectivity index (χ1v) is 11.4. The van der Waals surface area contributed by atoms with E-state index in [9.17, 15) is 8.42 Å². The van der Waals surface area contributed by atoms with Crippen LogP contribution in [-0.4, -0.2) is 13.5 Å². The molecule has 148 valence electrons. The monoisotopic (exact) mass is 423 g/mol. The summed E-state index contributed by atoms with van der Waals surface area (Å²) in [5, 5.41) is 4.30. The van der Waals surface area contributed by atoms with E-state index < -0.39 is 10.1 Å². The molecule has 29 heavy (non-hydrogen) atoms. The van der Waals surface area contributed by atoms with Gasteiger partial charge in [-0.15, -0.1) is 0 Å². The van der Waals surface area contributed by atoms with E-state index in [1.54, 1.807) is 18.2 Å². The van der Waals surface area contributed by atoms with Crippen LogP contribution >= 0.6 is 11.8 Å². The first-order valence-electron chi connectivity index (χ1n) is 9.14. The van der Waals surface area contributed by atoms with Crippen molar-refractivity contribution in [2.45, 2.75) is 32.1 Å². The van der Waals surface area contributed by atoms with Crippen molar-refractivity contribution in [1.82, 2.24) is 0 Å². The molecule has 1 aliphatic rings. The van der Waals surface area contributed by atoms with Crippen molar-refractivity contribution in [2.24, 2.45) is 5.16 Å². The second-order valence-corrected chi connectivity index (χ2v) is 9.01. The Morgan fingerprint density at radius 3 is 2.48 bits per heavy atom. The SMILES string of the molecule is CCC#C/C(=C1C=C/C(=N\OS(=O)(=O)c2ccc(C)cc2)S/1)c1ccccc1C. The minimum atomic E-state index is -3.95. The third-order valence-corrected chi connectivity index (χ3v) is 6.28. The molecule has 0 fully saturated rings. The highest BCUT2D eigenvalue weighted by Gasteiger charge is 2.19. The Balaban J connectivity index is 1.86. The third kappa shape index (κ3) is 5.20. The molecule has 1 heterocycles. The van der Waals surface area contributed by atoms with Gasteiger partial charge in [0.25, 0.3) is 0 Å². The van der Waals surface area contributed by atoms with Crippen LogP contribution in [-0.2, 0) is 14.4 Å². The third-order valence-electron chi connectivity index (χ3n) is 4.18. The van der Waals surface area contributed by atoms with Gasteiger partial charge in [-0.25, -0.2) is 0 Å². The van der Waals surface area contributed by atoms with Gasteiger partial charge in [0.05, 0.1) is 0 Å². The maximum atomic E-state index is 12.3. The molecule has 0 saturated heterocycles. The average molecular weight is 424 g/mol. The molecule has 0 amide bonds. The Bertz CT molecular complexity index is 1160. The van der Waals surface area contributed by atoms with E-state index in [1.165, 1.54) is 23.9 Å². The Morgan fingerprint density at radius 1 is 1.07 bits per heavy atom. The summed E-state index contributed by atoms with van der Waals surface area (Å²) in [6.07, 6.45) is 4.37. The lowest BCUT2D eigenvalue weighted by atomic mass is 10.0. The topological polar surface area (TPSA) is 55.7 Å². The van der Waals surface area contributed by atoms with Crippen molar-refractivity contribution in [3.63, 3.8) is 0 Å². The number of hydrogen-bond acceptors (Lipinski definition) is 5. The second-order valence-electron chi connectivity index (χ2n) is 6.42. The summed E-state index contributed by atoms with van der Waals surface area (Å²) in [6.45, 7) is 5.93. The van der Waals surface area contributed by atoms with Gasteiger partial charge in [0.2, 0.25) is 0 Å². The van der Waals surface area contributed by atoms with E-state index in [0.29, 0.717) is 5.04 Å². The van der Waals surface area contributed by atoms with E-state index in [2.05, 4.69) is 17.0 Å². The summed E-state index contributed by atoms with van der Waals surface area (Å²) >= 11 is 1.34. The van der Waals surface area contributed by atoms with E-state index in [-0.39, 0.29) is 4.90 Å². The largest absolute Gasteiger partial charge is 0.358 e. The number of hydrogen-bond donors (Lipinski definition) is 0. The van der Waals surface area contributed by atoms with Crippen LogP contribution in [0, 0.1) is 25.7 Å². The lowest BCUT2D eigenvalue weighted by Crippen LogP contribution is -2.03. The zero-order valence-electron chi connectivity index (χ0n) is 16.5. The number of rotatable bonds is 4. The Hall–Kier alpha value is -2.75. The fraction of sp³-hybridized carbons (Fsp3) is 0.174. The Kier molecular flexibility index (Phi) is 6.63. The molecule has 0 saturated carbocycles. The fourth-order valence-electron chi connectivity index (χ4n) is 2.64. The van der Waals surface area contributed by atoms with Crippen molar-refractivity contribution in [1.29, 1.82) is 0 Å². The highest BCUT2D eigenvalue weighted by molar-refractivity contribution is 8.18. The Labute approximate surface area is 176 Å². The zero-order chi connectivity index (χ0) is 20.9. The van der Waals surface area contributed by atoms with E-state index in [1.807, 2.05) is 51.1 Å². The van der Waals surface area contributed by atoms with Gasteiger partial charge < -0.3 is 0 Å². The van der Waals surface area contributed by atoms with Gasteiger partial charge in [-0.3, -0.25) is 4.28 Å². The van der Waals surface area contributed by atoms with Crippen LogP contribution < -0.4 is 0 Å². The van der Waals surface area contributed by atoms with Crippen molar-refractivity contribution < 1.29 is 12.7 Å². The maximum absolute atomic E-state index is 12.3. The van der Waals surface area contributed by atoms with E-state index in [0.717, 1.165) is 33.6 Å².